The third kappa shape index (κ3) is 4.54. The van der Waals surface area contributed by atoms with Crippen LogP contribution in [0.2, 0.25) is 0 Å². The molecule has 3 heterocycles. The zero-order valence-corrected chi connectivity index (χ0v) is 19.0. The van der Waals surface area contributed by atoms with E-state index in [4.69, 9.17) is 14.2 Å². The molecule has 0 unspecified atom stereocenters. The summed E-state index contributed by atoms with van der Waals surface area (Å²) in [6.45, 7) is 2.01. The van der Waals surface area contributed by atoms with Crippen LogP contribution in [-0.4, -0.2) is 61.8 Å². The Labute approximate surface area is 201 Å². The molecule has 2 aromatic carbocycles. The van der Waals surface area contributed by atoms with Gasteiger partial charge < -0.3 is 29.3 Å². The Morgan fingerprint density at radius 1 is 1.00 bits per heavy atom. The van der Waals surface area contributed by atoms with E-state index in [1.54, 1.807) is 47.5 Å². The molecular formula is C25H23FN4O5. The van der Waals surface area contributed by atoms with Crippen molar-refractivity contribution in [1.82, 2.24) is 9.88 Å². The topological polar surface area (TPSA) is 93.2 Å². The number of carbonyl (C=O) groups excluding carboxylic acids is 2. The number of aromatic nitrogens is 1. The van der Waals surface area contributed by atoms with Crippen LogP contribution in [0.4, 0.5) is 15.9 Å². The second kappa shape index (κ2) is 9.49. The highest BCUT2D eigenvalue weighted by molar-refractivity contribution is 6.06. The number of carbonyl (C=O) groups is 2. The Hall–Kier alpha value is -4.34. The molecule has 5 rings (SSSR count). The first-order valence-corrected chi connectivity index (χ1v) is 11.1. The molecule has 0 aliphatic carbocycles. The van der Waals surface area contributed by atoms with E-state index in [2.05, 4.69) is 10.3 Å². The van der Waals surface area contributed by atoms with E-state index in [-0.39, 0.29) is 29.9 Å². The maximum atomic E-state index is 14.0. The van der Waals surface area contributed by atoms with Crippen LogP contribution in [0.25, 0.3) is 0 Å². The number of amides is 2. The van der Waals surface area contributed by atoms with Crippen molar-refractivity contribution in [3.05, 3.63) is 71.7 Å². The van der Waals surface area contributed by atoms with Crippen molar-refractivity contribution in [2.45, 2.75) is 0 Å². The Balaban J connectivity index is 1.25. The number of halogens is 1. The first-order valence-electron chi connectivity index (χ1n) is 11.1. The molecule has 10 heteroatoms. The van der Waals surface area contributed by atoms with Crippen molar-refractivity contribution in [2.24, 2.45) is 0 Å². The average Bonchev–Trinajstić information content (AvgIpc) is 3.37. The summed E-state index contributed by atoms with van der Waals surface area (Å²) in [7, 11) is 1.38. The number of nitrogens with one attached hydrogen (secondary N) is 1. The lowest BCUT2D eigenvalue weighted by Gasteiger charge is -2.36. The highest BCUT2D eigenvalue weighted by Crippen LogP contribution is 2.33. The van der Waals surface area contributed by atoms with Crippen LogP contribution in [0.15, 0.2) is 54.7 Å². The molecule has 1 fully saturated rings. The van der Waals surface area contributed by atoms with Crippen LogP contribution >= 0.6 is 0 Å². The molecule has 180 valence electrons. The fourth-order valence-corrected chi connectivity index (χ4v) is 4.08. The molecule has 2 aliphatic rings. The van der Waals surface area contributed by atoms with Crippen LogP contribution < -0.4 is 24.4 Å². The van der Waals surface area contributed by atoms with Gasteiger partial charge in [-0.15, -0.1) is 0 Å². The zero-order valence-electron chi connectivity index (χ0n) is 19.0. The summed E-state index contributed by atoms with van der Waals surface area (Å²) < 4.78 is 29.6. The average molecular weight is 478 g/mol. The maximum absolute atomic E-state index is 14.0. The van der Waals surface area contributed by atoms with Gasteiger partial charge in [-0.05, 0) is 48.5 Å². The first-order chi connectivity index (χ1) is 17.0. The molecule has 1 saturated heterocycles. The molecule has 1 N–H and O–H groups in total. The Morgan fingerprint density at radius 3 is 2.54 bits per heavy atom. The number of piperazine rings is 1. The summed E-state index contributed by atoms with van der Waals surface area (Å²) in [5, 5.41) is 2.92. The van der Waals surface area contributed by atoms with Gasteiger partial charge in [0, 0.05) is 43.5 Å². The van der Waals surface area contributed by atoms with E-state index in [1.807, 2.05) is 4.90 Å². The number of hydrogen-bond acceptors (Lipinski definition) is 7. The number of anilines is 2. The largest absolute Gasteiger partial charge is 0.494 e. The lowest BCUT2D eigenvalue weighted by molar-refractivity contribution is 0.0746. The minimum absolute atomic E-state index is 0.0943. The number of methoxy groups -OCH3 is 1. The van der Waals surface area contributed by atoms with Crippen LogP contribution in [0.5, 0.6) is 17.2 Å². The number of nitrogens with zero attached hydrogens (tertiary/aromatic N) is 3. The predicted molar refractivity (Wildman–Crippen MR) is 126 cm³/mol. The third-order valence-corrected chi connectivity index (χ3v) is 5.93. The highest BCUT2D eigenvalue weighted by Gasteiger charge is 2.25. The van der Waals surface area contributed by atoms with Gasteiger partial charge in [-0.1, -0.05) is 0 Å². The summed E-state index contributed by atoms with van der Waals surface area (Å²) >= 11 is 0. The number of pyridine rings is 1. The normalized spacial score (nSPS) is 14.6. The number of rotatable bonds is 5. The van der Waals surface area contributed by atoms with Crippen molar-refractivity contribution in [1.29, 1.82) is 0 Å². The van der Waals surface area contributed by atoms with E-state index in [9.17, 15) is 14.0 Å². The smallest absolute Gasteiger partial charge is 0.255 e. The Morgan fingerprint density at radius 2 is 1.77 bits per heavy atom. The lowest BCUT2D eigenvalue weighted by Crippen LogP contribution is -2.49. The fourth-order valence-electron chi connectivity index (χ4n) is 4.08. The van der Waals surface area contributed by atoms with Crippen molar-refractivity contribution in [3.8, 4) is 17.2 Å². The Bertz CT molecular complexity index is 1280. The molecule has 35 heavy (non-hydrogen) atoms. The molecule has 0 bridgehead atoms. The second-order valence-corrected chi connectivity index (χ2v) is 8.03. The van der Waals surface area contributed by atoms with E-state index in [0.29, 0.717) is 54.7 Å². The van der Waals surface area contributed by atoms with Gasteiger partial charge in [0.1, 0.15) is 0 Å². The molecule has 2 amide bonds. The van der Waals surface area contributed by atoms with Crippen molar-refractivity contribution >= 4 is 23.3 Å². The molecule has 0 radical (unpaired) electrons. The number of benzene rings is 2. The van der Waals surface area contributed by atoms with Crippen molar-refractivity contribution in [2.75, 3.05) is 50.3 Å². The number of hydrogen-bond donors (Lipinski definition) is 1. The molecule has 3 aromatic rings. The lowest BCUT2D eigenvalue weighted by atomic mass is 10.1. The minimum atomic E-state index is -0.576. The summed E-state index contributed by atoms with van der Waals surface area (Å²) in [5.41, 5.74) is 1.27. The quantitative estimate of drug-likeness (QED) is 0.602. The van der Waals surface area contributed by atoms with Crippen molar-refractivity contribution in [3.63, 3.8) is 0 Å². The van der Waals surface area contributed by atoms with Gasteiger partial charge >= 0.3 is 0 Å². The maximum Gasteiger partial charge on any atom is 0.255 e. The van der Waals surface area contributed by atoms with Crippen LogP contribution in [0, 0.1) is 5.82 Å². The predicted octanol–water partition coefficient (Wildman–Crippen LogP) is 3.17. The molecule has 2 aliphatic heterocycles. The van der Waals surface area contributed by atoms with E-state index in [1.165, 1.54) is 19.2 Å². The van der Waals surface area contributed by atoms with Crippen molar-refractivity contribution < 1.29 is 28.2 Å². The monoisotopic (exact) mass is 478 g/mol. The molecule has 0 saturated carbocycles. The van der Waals surface area contributed by atoms with E-state index < -0.39 is 5.82 Å². The number of fused-ring (bicyclic) bond motifs is 1. The molecule has 0 spiro atoms. The van der Waals surface area contributed by atoms with Gasteiger partial charge in [-0.3, -0.25) is 9.59 Å². The van der Waals surface area contributed by atoms with Gasteiger partial charge in [-0.25, -0.2) is 9.37 Å². The van der Waals surface area contributed by atoms with E-state index in [0.717, 1.165) is 0 Å². The highest BCUT2D eigenvalue weighted by atomic mass is 19.1. The molecule has 1 aromatic heterocycles. The van der Waals surface area contributed by atoms with Gasteiger partial charge in [-0.2, -0.15) is 0 Å². The second-order valence-electron chi connectivity index (χ2n) is 8.03. The summed E-state index contributed by atoms with van der Waals surface area (Å²) in [6, 6.07) is 12.7. The SMILES string of the molecule is COc1ccc(C(=O)N2CCN(c3ncccc3NC(=O)c3ccc4c(c3)OCO4)CC2)cc1F. The molecule has 0 atom stereocenters. The third-order valence-electron chi connectivity index (χ3n) is 5.93. The number of ether oxygens (including phenoxy) is 3. The minimum Gasteiger partial charge on any atom is -0.494 e. The standard InChI is InChI=1S/C25H23FN4O5/c1-33-20-6-5-17(13-18(20)26)25(32)30-11-9-29(10-12-30)23-19(3-2-8-27-23)28-24(31)16-4-7-21-22(14-16)35-15-34-21/h2-8,13-14H,9-12,15H2,1H3,(H,28,31). The zero-order chi connectivity index (χ0) is 24.4. The van der Waals surface area contributed by atoms with Gasteiger partial charge in [0.2, 0.25) is 6.79 Å². The summed E-state index contributed by atoms with van der Waals surface area (Å²) in [5.74, 6) is 0.723. The van der Waals surface area contributed by atoms with Crippen LogP contribution in [0.1, 0.15) is 20.7 Å². The van der Waals surface area contributed by atoms with E-state index >= 15 is 0 Å². The Kier molecular flexibility index (Phi) is 6.09. The molecule has 9 nitrogen and oxygen atoms in total. The summed E-state index contributed by atoms with van der Waals surface area (Å²) in [6.07, 6.45) is 1.66. The molecular weight excluding hydrogens is 455 g/mol. The van der Waals surface area contributed by atoms with Gasteiger partial charge in [0.25, 0.3) is 11.8 Å². The van der Waals surface area contributed by atoms with Gasteiger partial charge in [0.05, 0.1) is 12.8 Å². The first kappa shape index (κ1) is 22.5. The summed E-state index contributed by atoms with van der Waals surface area (Å²) in [4.78, 5) is 33.9. The van der Waals surface area contributed by atoms with Crippen LogP contribution in [-0.2, 0) is 0 Å². The van der Waals surface area contributed by atoms with Gasteiger partial charge in [0.15, 0.2) is 28.9 Å². The van der Waals surface area contributed by atoms with Crippen LogP contribution in [0.3, 0.4) is 0 Å². The fraction of sp³-hybridized carbons (Fsp3) is 0.240.